The Bertz CT molecular complexity index is 217. The lowest BCUT2D eigenvalue weighted by Gasteiger charge is -2.30. The molecule has 0 spiro atoms. The molecule has 0 aromatic carbocycles. The van der Waals surface area contributed by atoms with Crippen molar-refractivity contribution in [3.8, 4) is 0 Å². The van der Waals surface area contributed by atoms with Crippen LogP contribution in [0.5, 0.6) is 0 Å². The largest absolute Gasteiger partial charge is 0.549 e. The minimum atomic E-state index is -1.52. The molecule has 5 heteroatoms. The van der Waals surface area contributed by atoms with Crippen LogP contribution in [0.3, 0.4) is 0 Å². The number of Topliss-reactive ketones (excluding diaryl/α,β-unsaturated/α-hetero) is 1. The van der Waals surface area contributed by atoms with E-state index in [9.17, 15) is 19.8 Å². The van der Waals surface area contributed by atoms with Gasteiger partial charge in [-0.3, -0.25) is 4.79 Å². The van der Waals surface area contributed by atoms with Gasteiger partial charge in [-0.1, -0.05) is 0 Å². The molecule has 0 heterocycles. The van der Waals surface area contributed by atoms with E-state index < -0.39 is 23.8 Å². The van der Waals surface area contributed by atoms with Crippen LogP contribution in [0.2, 0.25) is 0 Å². The zero-order valence-electron chi connectivity index (χ0n) is 8.98. The molecule has 1 N–H and O–H groups in total. The van der Waals surface area contributed by atoms with Crippen LogP contribution in [0, 0.1) is 5.92 Å². The van der Waals surface area contributed by atoms with Crippen LogP contribution in [-0.2, 0) is 9.59 Å². The summed E-state index contributed by atoms with van der Waals surface area (Å²) in [5, 5.41) is 20.1. The topological polar surface area (TPSA) is 77.4 Å². The number of nitrogens with zero attached hydrogens (tertiary/aromatic N) is 1. The lowest BCUT2D eigenvalue weighted by atomic mass is 9.98. The van der Waals surface area contributed by atoms with Gasteiger partial charge in [0, 0.05) is 0 Å². The third-order valence-corrected chi connectivity index (χ3v) is 1.81. The van der Waals surface area contributed by atoms with E-state index in [1.807, 2.05) is 0 Å². The van der Waals surface area contributed by atoms with Crippen molar-refractivity contribution < 1.29 is 24.3 Å². The lowest BCUT2D eigenvalue weighted by molar-refractivity contribution is -0.873. The summed E-state index contributed by atoms with van der Waals surface area (Å²) in [6.07, 6.45) is -1.20. The number of aliphatic hydroxyl groups excluding tert-OH is 1. The van der Waals surface area contributed by atoms with Crippen LogP contribution >= 0.6 is 0 Å². The molecule has 0 saturated carbocycles. The standard InChI is InChI=1S/C9H17NO4/c1-6(11)8(9(13)14)7(12)5-10(2,3)4/h7-8,12H,5H2,1-4H3. The number of quaternary nitrogens is 1. The van der Waals surface area contributed by atoms with Crippen molar-refractivity contribution in [1.82, 2.24) is 0 Å². The van der Waals surface area contributed by atoms with E-state index in [2.05, 4.69) is 0 Å². The fourth-order valence-electron chi connectivity index (χ4n) is 1.26. The van der Waals surface area contributed by atoms with E-state index >= 15 is 0 Å². The predicted molar refractivity (Wildman–Crippen MR) is 48.1 cm³/mol. The van der Waals surface area contributed by atoms with Crippen LogP contribution in [-0.4, -0.2) is 55.1 Å². The second-order valence-corrected chi connectivity index (χ2v) is 4.45. The summed E-state index contributed by atoms with van der Waals surface area (Å²) in [5.41, 5.74) is 0. The average molecular weight is 203 g/mol. The summed E-state index contributed by atoms with van der Waals surface area (Å²) in [6, 6.07) is 0. The molecule has 0 bridgehead atoms. The van der Waals surface area contributed by atoms with Gasteiger partial charge in [-0.25, -0.2) is 0 Å². The predicted octanol–water partition coefficient (Wildman–Crippen LogP) is -1.99. The van der Waals surface area contributed by atoms with Gasteiger partial charge in [0.05, 0.1) is 33.0 Å². The van der Waals surface area contributed by atoms with E-state index in [0.29, 0.717) is 4.48 Å². The molecule has 0 aliphatic rings. The van der Waals surface area contributed by atoms with Crippen molar-refractivity contribution in [3.63, 3.8) is 0 Å². The van der Waals surface area contributed by atoms with Crippen LogP contribution < -0.4 is 5.11 Å². The van der Waals surface area contributed by atoms with Gasteiger partial charge in [0.1, 0.15) is 18.4 Å². The highest BCUT2D eigenvalue weighted by molar-refractivity contribution is 5.96. The number of hydrogen-bond acceptors (Lipinski definition) is 4. The molecule has 0 aromatic rings. The highest BCUT2D eigenvalue weighted by Gasteiger charge is 2.29. The highest BCUT2D eigenvalue weighted by atomic mass is 16.4. The van der Waals surface area contributed by atoms with Crippen molar-refractivity contribution in [1.29, 1.82) is 0 Å². The van der Waals surface area contributed by atoms with Crippen LogP contribution in [0.1, 0.15) is 6.92 Å². The Morgan fingerprint density at radius 3 is 2.00 bits per heavy atom. The molecular weight excluding hydrogens is 186 g/mol. The molecule has 0 fully saturated rings. The number of ketones is 1. The summed E-state index contributed by atoms with van der Waals surface area (Å²) in [7, 11) is 5.40. The minimum Gasteiger partial charge on any atom is -0.549 e. The first-order valence-electron chi connectivity index (χ1n) is 4.35. The number of carbonyl (C=O) groups is 2. The fourth-order valence-corrected chi connectivity index (χ4v) is 1.26. The number of carboxylic acids is 1. The van der Waals surface area contributed by atoms with Crippen LogP contribution in [0.15, 0.2) is 0 Å². The van der Waals surface area contributed by atoms with Gasteiger partial charge in [-0.2, -0.15) is 0 Å². The summed E-state index contributed by atoms with van der Waals surface area (Å²) in [6.45, 7) is 1.33. The molecule has 0 aliphatic heterocycles. The Balaban J connectivity index is 4.54. The van der Waals surface area contributed by atoms with E-state index in [1.54, 1.807) is 21.1 Å². The molecule has 2 atom stereocenters. The highest BCUT2D eigenvalue weighted by Crippen LogP contribution is 2.08. The zero-order chi connectivity index (χ0) is 11.5. The van der Waals surface area contributed by atoms with Crippen molar-refractivity contribution in [2.75, 3.05) is 27.7 Å². The number of aliphatic hydroxyl groups is 1. The van der Waals surface area contributed by atoms with Gasteiger partial charge < -0.3 is 19.5 Å². The molecule has 0 radical (unpaired) electrons. The molecule has 82 valence electrons. The van der Waals surface area contributed by atoms with E-state index in [4.69, 9.17) is 0 Å². The SMILES string of the molecule is CC(=O)C(C(=O)[O-])C(O)C[N+](C)(C)C. The van der Waals surface area contributed by atoms with Gasteiger partial charge in [-0.15, -0.1) is 0 Å². The van der Waals surface area contributed by atoms with Crippen molar-refractivity contribution in [2.45, 2.75) is 13.0 Å². The zero-order valence-corrected chi connectivity index (χ0v) is 8.98. The third kappa shape index (κ3) is 4.34. The number of carboxylic acid groups (broad SMARTS) is 1. The summed E-state index contributed by atoms with van der Waals surface area (Å²) >= 11 is 0. The van der Waals surface area contributed by atoms with Gasteiger partial charge in [0.2, 0.25) is 0 Å². The lowest BCUT2D eigenvalue weighted by Crippen LogP contribution is -2.50. The Morgan fingerprint density at radius 2 is 1.79 bits per heavy atom. The Labute approximate surface area is 83.5 Å². The molecule has 14 heavy (non-hydrogen) atoms. The van der Waals surface area contributed by atoms with Crippen LogP contribution in [0.4, 0.5) is 0 Å². The van der Waals surface area contributed by atoms with Gasteiger partial charge in [0.15, 0.2) is 0 Å². The maximum absolute atomic E-state index is 10.9. The van der Waals surface area contributed by atoms with Crippen molar-refractivity contribution >= 4 is 11.8 Å². The van der Waals surface area contributed by atoms with Gasteiger partial charge in [-0.05, 0) is 6.92 Å². The number of carbonyl (C=O) groups excluding carboxylic acids is 2. The molecule has 0 saturated heterocycles. The Kier molecular flexibility index (Phi) is 4.22. The number of likely N-dealkylation sites (N-methyl/N-ethyl adjacent to an activating group) is 1. The Hall–Kier alpha value is -0.940. The first-order chi connectivity index (χ1) is 6.15. The summed E-state index contributed by atoms with van der Waals surface area (Å²) in [4.78, 5) is 21.5. The Morgan fingerprint density at radius 1 is 1.36 bits per heavy atom. The molecular formula is C9H17NO4. The van der Waals surface area contributed by atoms with E-state index in [1.165, 1.54) is 0 Å². The summed E-state index contributed by atoms with van der Waals surface area (Å²) < 4.78 is 0.387. The number of rotatable bonds is 5. The molecule has 0 aromatic heterocycles. The van der Waals surface area contributed by atoms with Crippen molar-refractivity contribution in [2.24, 2.45) is 5.92 Å². The minimum absolute atomic E-state index is 0.193. The molecule has 2 unspecified atom stereocenters. The average Bonchev–Trinajstić information content (AvgIpc) is 1.78. The summed E-state index contributed by atoms with van der Waals surface area (Å²) in [5.74, 6) is -3.52. The first-order valence-corrected chi connectivity index (χ1v) is 4.35. The van der Waals surface area contributed by atoms with E-state index in [0.717, 1.165) is 6.92 Å². The maximum Gasteiger partial charge on any atom is 0.141 e. The third-order valence-electron chi connectivity index (χ3n) is 1.81. The smallest absolute Gasteiger partial charge is 0.141 e. The number of hydrogen-bond donors (Lipinski definition) is 1. The number of aliphatic carboxylic acids is 1. The van der Waals surface area contributed by atoms with Crippen molar-refractivity contribution in [3.05, 3.63) is 0 Å². The van der Waals surface area contributed by atoms with Crippen LogP contribution in [0.25, 0.3) is 0 Å². The first kappa shape index (κ1) is 13.1. The second-order valence-electron chi connectivity index (χ2n) is 4.45. The second kappa shape index (κ2) is 4.52. The monoisotopic (exact) mass is 203 g/mol. The fraction of sp³-hybridized carbons (Fsp3) is 0.778. The molecule has 0 aliphatic carbocycles. The molecule has 0 amide bonds. The quantitative estimate of drug-likeness (QED) is 0.414. The maximum atomic E-state index is 10.9. The molecule has 5 nitrogen and oxygen atoms in total. The van der Waals surface area contributed by atoms with Gasteiger partial charge >= 0.3 is 0 Å². The van der Waals surface area contributed by atoms with E-state index in [-0.39, 0.29) is 6.54 Å². The molecule has 0 rings (SSSR count). The van der Waals surface area contributed by atoms with Gasteiger partial charge in [0.25, 0.3) is 0 Å². The normalized spacial score (nSPS) is 16.1.